The molecule has 0 bridgehead atoms. The monoisotopic (exact) mass is 332 g/mol. The molecule has 0 aliphatic heterocycles. The molecule has 5 nitrogen and oxygen atoms in total. The first kappa shape index (κ1) is 17.7. The van der Waals surface area contributed by atoms with Crippen molar-refractivity contribution in [3.05, 3.63) is 65.0 Å². The number of urea groups is 1. The van der Waals surface area contributed by atoms with Gasteiger partial charge in [-0.2, -0.15) is 0 Å². The summed E-state index contributed by atoms with van der Waals surface area (Å²) in [7, 11) is 1.61. The molecule has 0 radical (unpaired) electrons. The van der Waals surface area contributed by atoms with Crippen molar-refractivity contribution in [2.24, 2.45) is 0 Å². The second-order valence-electron chi connectivity index (χ2n) is 5.40. The number of hydrogen-bond acceptors (Lipinski definition) is 3. The van der Waals surface area contributed by atoms with Crippen molar-refractivity contribution in [1.29, 1.82) is 0 Å². The minimum absolute atomic E-state index is 0.0750. The van der Waals surface area contributed by atoms with E-state index in [1.165, 1.54) is 12.1 Å². The van der Waals surface area contributed by atoms with Crippen LogP contribution in [-0.2, 0) is 6.54 Å². The molecule has 3 N–H and O–H groups in total. The molecule has 0 aliphatic carbocycles. The highest BCUT2D eigenvalue weighted by molar-refractivity contribution is 5.73. The van der Waals surface area contributed by atoms with E-state index >= 15 is 0 Å². The second-order valence-corrected chi connectivity index (χ2v) is 5.40. The number of ether oxygens (including phenoxy) is 1. The van der Waals surface area contributed by atoms with Crippen molar-refractivity contribution in [2.45, 2.75) is 19.6 Å². The zero-order chi connectivity index (χ0) is 17.5. The Morgan fingerprint density at radius 2 is 2.00 bits per heavy atom. The first-order chi connectivity index (χ1) is 11.5. The minimum atomic E-state index is -1.10. The Balaban J connectivity index is 1.81. The summed E-state index contributed by atoms with van der Waals surface area (Å²) >= 11 is 0. The number of carbonyl (C=O) groups excluding carboxylic acids is 1. The number of aliphatic hydroxyl groups is 1. The molecule has 0 fully saturated rings. The number of methoxy groups -OCH3 is 1. The predicted octanol–water partition coefficient (Wildman–Crippen LogP) is 2.68. The second kappa shape index (κ2) is 8.31. The van der Waals surface area contributed by atoms with Gasteiger partial charge in [0.25, 0.3) is 0 Å². The summed E-state index contributed by atoms with van der Waals surface area (Å²) < 4.78 is 18.7. The molecule has 0 spiro atoms. The number of carbonyl (C=O) groups is 1. The van der Waals surface area contributed by atoms with Crippen LogP contribution in [0.5, 0.6) is 5.75 Å². The van der Waals surface area contributed by atoms with Crippen molar-refractivity contribution in [3.8, 4) is 5.75 Å². The van der Waals surface area contributed by atoms with Crippen LogP contribution in [0.15, 0.2) is 42.5 Å². The van der Waals surface area contributed by atoms with Crippen LogP contribution < -0.4 is 15.4 Å². The molecule has 24 heavy (non-hydrogen) atoms. The van der Waals surface area contributed by atoms with E-state index in [1.807, 2.05) is 25.1 Å². The lowest BCUT2D eigenvalue weighted by atomic mass is 10.1. The number of rotatable bonds is 6. The van der Waals surface area contributed by atoms with Gasteiger partial charge in [-0.1, -0.05) is 30.3 Å². The summed E-state index contributed by atoms with van der Waals surface area (Å²) in [4.78, 5) is 11.8. The van der Waals surface area contributed by atoms with Gasteiger partial charge in [0.05, 0.1) is 13.2 Å². The van der Waals surface area contributed by atoms with Gasteiger partial charge in [-0.15, -0.1) is 0 Å². The van der Waals surface area contributed by atoms with Gasteiger partial charge >= 0.3 is 6.03 Å². The lowest BCUT2D eigenvalue weighted by molar-refractivity contribution is 0.169. The van der Waals surface area contributed by atoms with E-state index in [2.05, 4.69) is 10.6 Å². The summed E-state index contributed by atoms with van der Waals surface area (Å²) in [5.74, 6) is 0.289. The number of aryl methyl sites for hydroxylation is 1. The lowest BCUT2D eigenvalue weighted by Crippen LogP contribution is -2.37. The predicted molar refractivity (Wildman–Crippen MR) is 89.3 cm³/mol. The minimum Gasteiger partial charge on any atom is -0.496 e. The van der Waals surface area contributed by atoms with Crippen molar-refractivity contribution in [3.63, 3.8) is 0 Å². The van der Waals surface area contributed by atoms with E-state index < -0.39 is 18.0 Å². The number of benzene rings is 2. The third kappa shape index (κ3) is 4.70. The van der Waals surface area contributed by atoms with E-state index in [4.69, 9.17) is 4.74 Å². The Morgan fingerprint density at radius 3 is 2.67 bits per heavy atom. The maximum atomic E-state index is 13.5. The van der Waals surface area contributed by atoms with E-state index in [1.54, 1.807) is 19.2 Å². The molecule has 0 aromatic heterocycles. The average molecular weight is 332 g/mol. The summed E-state index contributed by atoms with van der Waals surface area (Å²) in [6.45, 7) is 2.19. The van der Waals surface area contributed by atoms with Gasteiger partial charge in [-0.05, 0) is 30.2 Å². The molecule has 0 aliphatic rings. The third-order valence-corrected chi connectivity index (χ3v) is 3.63. The highest BCUT2D eigenvalue weighted by Gasteiger charge is 2.13. The quantitative estimate of drug-likeness (QED) is 0.762. The fourth-order valence-electron chi connectivity index (χ4n) is 2.34. The van der Waals surface area contributed by atoms with E-state index in [0.717, 1.165) is 16.9 Å². The number of hydrogen-bond donors (Lipinski definition) is 3. The van der Waals surface area contributed by atoms with E-state index in [0.29, 0.717) is 6.54 Å². The molecule has 2 amide bonds. The Hall–Kier alpha value is -2.60. The molecular weight excluding hydrogens is 311 g/mol. The molecule has 1 atom stereocenters. The zero-order valence-electron chi connectivity index (χ0n) is 13.7. The fraction of sp³-hybridized carbons (Fsp3) is 0.278. The lowest BCUT2D eigenvalue weighted by Gasteiger charge is -2.14. The van der Waals surface area contributed by atoms with Crippen molar-refractivity contribution < 1.29 is 19.0 Å². The Kier molecular flexibility index (Phi) is 6.14. The topological polar surface area (TPSA) is 70.6 Å². The van der Waals surface area contributed by atoms with E-state index in [-0.39, 0.29) is 12.1 Å². The van der Waals surface area contributed by atoms with Crippen LogP contribution in [0.3, 0.4) is 0 Å². The van der Waals surface area contributed by atoms with Crippen molar-refractivity contribution in [1.82, 2.24) is 10.6 Å². The van der Waals surface area contributed by atoms with Gasteiger partial charge in [-0.25, -0.2) is 9.18 Å². The molecule has 128 valence electrons. The Labute approximate surface area is 140 Å². The number of halogens is 1. The van der Waals surface area contributed by atoms with E-state index in [9.17, 15) is 14.3 Å². The molecule has 0 saturated heterocycles. The Bertz CT molecular complexity index is 706. The number of nitrogens with one attached hydrogen (secondary N) is 2. The standard InChI is InChI=1S/C18H21FN2O3/c1-12-9-13(7-8-17(12)24-2)10-20-18(23)21-11-16(22)14-5-3-4-6-15(14)19/h3-9,16,22H,10-11H2,1-2H3,(H2,20,21,23). The Morgan fingerprint density at radius 1 is 1.25 bits per heavy atom. The molecular formula is C18H21FN2O3. The highest BCUT2D eigenvalue weighted by atomic mass is 19.1. The normalized spacial score (nSPS) is 11.7. The van der Waals surface area contributed by atoms with Gasteiger partial charge < -0.3 is 20.5 Å². The van der Waals surface area contributed by atoms with Crippen molar-refractivity contribution in [2.75, 3.05) is 13.7 Å². The highest BCUT2D eigenvalue weighted by Crippen LogP contribution is 2.18. The number of aliphatic hydroxyl groups excluding tert-OH is 1. The first-order valence-electron chi connectivity index (χ1n) is 7.59. The average Bonchev–Trinajstić information content (AvgIpc) is 2.58. The fourth-order valence-corrected chi connectivity index (χ4v) is 2.34. The maximum Gasteiger partial charge on any atom is 0.315 e. The van der Waals surface area contributed by atoms with Crippen LogP contribution in [0.2, 0.25) is 0 Å². The zero-order valence-corrected chi connectivity index (χ0v) is 13.7. The van der Waals surface area contributed by atoms with Gasteiger partial charge in [-0.3, -0.25) is 0 Å². The molecule has 6 heteroatoms. The first-order valence-corrected chi connectivity index (χ1v) is 7.59. The summed E-state index contributed by atoms with van der Waals surface area (Å²) in [5, 5.41) is 15.1. The maximum absolute atomic E-state index is 13.5. The van der Waals surface area contributed by atoms with Gasteiger partial charge in [0.2, 0.25) is 0 Å². The van der Waals surface area contributed by atoms with Crippen LogP contribution in [0.1, 0.15) is 22.8 Å². The molecule has 1 unspecified atom stereocenters. The van der Waals surface area contributed by atoms with Gasteiger partial charge in [0.15, 0.2) is 0 Å². The van der Waals surface area contributed by atoms with Crippen molar-refractivity contribution >= 4 is 6.03 Å². The molecule has 2 aromatic carbocycles. The number of amides is 2. The molecule has 2 rings (SSSR count). The molecule has 2 aromatic rings. The summed E-state index contributed by atoms with van der Waals surface area (Å²) in [6, 6.07) is 11.1. The molecule has 0 heterocycles. The van der Waals surface area contributed by atoms with Crippen LogP contribution in [0.25, 0.3) is 0 Å². The third-order valence-electron chi connectivity index (χ3n) is 3.63. The van der Waals surface area contributed by atoms with Crippen LogP contribution in [-0.4, -0.2) is 24.8 Å². The largest absolute Gasteiger partial charge is 0.496 e. The summed E-state index contributed by atoms with van der Waals surface area (Å²) in [6.07, 6.45) is -1.10. The van der Waals surface area contributed by atoms with Gasteiger partial charge in [0, 0.05) is 18.7 Å². The molecule has 0 saturated carbocycles. The van der Waals surface area contributed by atoms with Gasteiger partial charge in [0.1, 0.15) is 11.6 Å². The van der Waals surface area contributed by atoms with Crippen LogP contribution in [0, 0.1) is 12.7 Å². The smallest absolute Gasteiger partial charge is 0.315 e. The summed E-state index contributed by atoms with van der Waals surface area (Å²) in [5.41, 5.74) is 2.06. The van der Waals surface area contributed by atoms with Crippen LogP contribution >= 0.6 is 0 Å². The SMILES string of the molecule is COc1ccc(CNC(=O)NCC(O)c2ccccc2F)cc1C. The van der Waals surface area contributed by atoms with Crippen LogP contribution in [0.4, 0.5) is 9.18 Å².